The first-order valence-corrected chi connectivity index (χ1v) is 8.84. The molecule has 1 aliphatic heterocycles. The van der Waals surface area contributed by atoms with Gasteiger partial charge in [-0.2, -0.15) is 18.2 Å². The molecule has 4 rings (SSSR count). The van der Waals surface area contributed by atoms with Crippen molar-refractivity contribution >= 4 is 17.2 Å². The minimum atomic E-state index is -4.54. The molecule has 1 fully saturated rings. The van der Waals surface area contributed by atoms with Gasteiger partial charge >= 0.3 is 6.18 Å². The molecule has 1 aromatic carbocycles. The minimum Gasteiger partial charge on any atom is -0.507 e. The van der Waals surface area contributed by atoms with E-state index in [2.05, 4.69) is 9.97 Å². The molecule has 1 aliphatic rings. The molecular formula is C19H18F3N3O3. The quantitative estimate of drug-likeness (QED) is 0.688. The van der Waals surface area contributed by atoms with Crippen LogP contribution in [0.3, 0.4) is 0 Å². The molecule has 2 aromatic heterocycles. The van der Waals surface area contributed by atoms with Crippen LogP contribution in [0.5, 0.6) is 5.75 Å². The lowest BCUT2D eigenvalue weighted by atomic mass is 10.0. The highest BCUT2D eigenvalue weighted by Crippen LogP contribution is 2.39. The Kier molecular flexibility index (Phi) is 4.41. The van der Waals surface area contributed by atoms with Crippen molar-refractivity contribution in [2.45, 2.75) is 32.0 Å². The fraction of sp³-hybridized carbons (Fsp3) is 0.368. The number of aliphatic hydroxyl groups is 1. The molecule has 0 unspecified atom stereocenters. The summed E-state index contributed by atoms with van der Waals surface area (Å²) in [5.41, 5.74) is 0.554. The van der Waals surface area contributed by atoms with Crippen molar-refractivity contribution in [1.82, 2.24) is 9.97 Å². The summed E-state index contributed by atoms with van der Waals surface area (Å²) < 4.78 is 44.5. The van der Waals surface area contributed by atoms with Gasteiger partial charge in [-0.3, -0.25) is 0 Å². The Hall–Kier alpha value is -2.81. The number of hydrogen-bond acceptors (Lipinski definition) is 6. The Morgan fingerprint density at radius 3 is 2.68 bits per heavy atom. The van der Waals surface area contributed by atoms with Crippen LogP contribution in [-0.4, -0.2) is 39.4 Å². The number of rotatable bonds is 2. The number of phenolic OH excluding ortho intramolecular Hbond substituents is 1. The highest BCUT2D eigenvalue weighted by atomic mass is 19.4. The smallest absolute Gasteiger partial charge is 0.416 e. The summed E-state index contributed by atoms with van der Waals surface area (Å²) >= 11 is 0. The van der Waals surface area contributed by atoms with Crippen LogP contribution in [0.1, 0.15) is 24.0 Å². The van der Waals surface area contributed by atoms with Crippen LogP contribution in [0.15, 0.2) is 28.7 Å². The van der Waals surface area contributed by atoms with Crippen molar-refractivity contribution in [3.05, 3.63) is 35.4 Å². The molecule has 0 aliphatic carbocycles. The maximum Gasteiger partial charge on any atom is 0.416 e. The number of benzene rings is 1. The van der Waals surface area contributed by atoms with Crippen molar-refractivity contribution in [1.29, 1.82) is 0 Å². The van der Waals surface area contributed by atoms with Gasteiger partial charge in [0, 0.05) is 18.7 Å². The average molecular weight is 393 g/mol. The monoisotopic (exact) mass is 393 g/mol. The van der Waals surface area contributed by atoms with Crippen LogP contribution in [0, 0.1) is 6.92 Å². The molecule has 1 atom stereocenters. The van der Waals surface area contributed by atoms with Crippen LogP contribution in [0.4, 0.5) is 19.2 Å². The molecule has 28 heavy (non-hydrogen) atoms. The highest BCUT2D eigenvalue weighted by molar-refractivity contribution is 5.78. The van der Waals surface area contributed by atoms with E-state index in [0.717, 1.165) is 18.9 Å². The minimum absolute atomic E-state index is 0.216. The van der Waals surface area contributed by atoms with E-state index in [1.807, 2.05) is 4.90 Å². The summed E-state index contributed by atoms with van der Waals surface area (Å²) in [7, 11) is 0. The van der Waals surface area contributed by atoms with Crippen molar-refractivity contribution in [3.63, 3.8) is 0 Å². The molecule has 9 heteroatoms. The number of pyridine rings is 1. The number of alkyl halides is 3. The first kappa shape index (κ1) is 18.5. The van der Waals surface area contributed by atoms with Gasteiger partial charge in [-0.05, 0) is 49.6 Å². The Morgan fingerprint density at radius 1 is 1.21 bits per heavy atom. The van der Waals surface area contributed by atoms with E-state index in [1.54, 1.807) is 12.1 Å². The lowest BCUT2D eigenvalue weighted by molar-refractivity contribution is -0.137. The van der Waals surface area contributed by atoms with Gasteiger partial charge in [0.25, 0.3) is 6.01 Å². The lowest BCUT2D eigenvalue weighted by Crippen LogP contribution is -2.38. The molecule has 0 radical (unpaired) electrons. The van der Waals surface area contributed by atoms with E-state index in [4.69, 9.17) is 4.42 Å². The number of oxazole rings is 1. The Balaban J connectivity index is 1.72. The number of aromatic hydroxyl groups is 1. The summed E-state index contributed by atoms with van der Waals surface area (Å²) in [6, 6.07) is 5.19. The predicted molar refractivity (Wildman–Crippen MR) is 96.1 cm³/mol. The third-order valence-corrected chi connectivity index (χ3v) is 4.81. The number of aryl methyl sites for hydroxylation is 1. The third-order valence-electron chi connectivity index (χ3n) is 4.81. The zero-order valence-corrected chi connectivity index (χ0v) is 15.0. The van der Waals surface area contributed by atoms with Crippen LogP contribution >= 0.6 is 0 Å². The van der Waals surface area contributed by atoms with Crippen LogP contribution in [0.25, 0.3) is 22.5 Å². The van der Waals surface area contributed by atoms with E-state index in [1.165, 1.54) is 6.92 Å². The van der Waals surface area contributed by atoms with E-state index >= 15 is 0 Å². The second-order valence-corrected chi connectivity index (χ2v) is 6.94. The van der Waals surface area contributed by atoms with Gasteiger partial charge in [0.1, 0.15) is 5.75 Å². The van der Waals surface area contributed by atoms with Gasteiger partial charge in [0.2, 0.25) is 5.65 Å². The molecule has 3 aromatic rings. The summed E-state index contributed by atoms with van der Waals surface area (Å²) in [6.45, 7) is 2.60. The number of nitrogens with zero attached hydrogens (tertiary/aromatic N) is 3. The third kappa shape index (κ3) is 3.37. The first-order valence-electron chi connectivity index (χ1n) is 8.84. The van der Waals surface area contributed by atoms with E-state index in [-0.39, 0.29) is 16.8 Å². The van der Waals surface area contributed by atoms with Gasteiger partial charge < -0.3 is 19.5 Å². The highest BCUT2D eigenvalue weighted by Gasteiger charge is 2.32. The Morgan fingerprint density at radius 2 is 2.00 bits per heavy atom. The molecule has 3 heterocycles. The van der Waals surface area contributed by atoms with Crippen molar-refractivity contribution in [2.24, 2.45) is 0 Å². The number of β-amino-alcohol motifs (C(OH)–C–C–N with tert-alkyl or cyclic N) is 1. The molecular weight excluding hydrogens is 375 g/mol. The second kappa shape index (κ2) is 6.66. The molecule has 0 saturated carbocycles. The lowest BCUT2D eigenvalue weighted by Gasteiger charge is -2.28. The van der Waals surface area contributed by atoms with Crippen molar-refractivity contribution in [2.75, 3.05) is 18.0 Å². The number of anilines is 1. The van der Waals surface area contributed by atoms with E-state index in [0.29, 0.717) is 36.4 Å². The number of piperidine rings is 1. The summed E-state index contributed by atoms with van der Waals surface area (Å²) in [6.07, 6.45) is -3.44. The predicted octanol–water partition coefficient (Wildman–Crippen LogP) is 3.88. The molecule has 0 bridgehead atoms. The van der Waals surface area contributed by atoms with E-state index < -0.39 is 23.6 Å². The average Bonchev–Trinajstić information content (AvgIpc) is 3.04. The molecule has 148 valence electrons. The van der Waals surface area contributed by atoms with Gasteiger partial charge in [0.05, 0.1) is 17.4 Å². The fourth-order valence-electron chi connectivity index (χ4n) is 3.48. The summed E-state index contributed by atoms with van der Waals surface area (Å²) in [4.78, 5) is 10.5. The normalized spacial score (nSPS) is 18.0. The zero-order valence-electron chi connectivity index (χ0n) is 15.0. The Labute approximate surface area is 158 Å². The molecule has 2 N–H and O–H groups in total. The molecule has 0 spiro atoms. The van der Waals surface area contributed by atoms with Gasteiger partial charge in [-0.25, -0.2) is 4.98 Å². The fourth-order valence-corrected chi connectivity index (χ4v) is 3.48. The largest absolute Gasteiger partial charge is 0.507 e. The zero-order chi connectivity index (χ0) is 20.1. The molecule has 6 nitrogen and oxygen atoms in total. The number of fused-ring (bicyclic) bond motifs is 1. The summed E-state index contributed by atoms with van der Waals surface area (Å²) in [5, 5.41) is 20.0. The first-order chi connectivity index (χ1) is 13.2. The van der Waals surface area contributed by atoms with Crippen molar-refractivity contribution in [3.8, 4) is 17.0 Å². The topological polar surface area (TPSA) is 82.6 Å². The number of aliphatic hydroxyl groups excluding tert-OH is 1. The van der Waals surface area contributed by atoms with Crippen LogP contribution in [-0.2, 0) is 6.18 Å². The standard InChI is InChI=1S/C19H18F3N3O3/c1-10-7-11(19(20,21)22)8-14(27)16(10)13-4-5-15-17(23-13)24-18(28-15)25-6-2-3-12(26)9-25/h4-5,7-8,12,26-27H,2-3,6,9H2,1H3/t12-/m0/s1. The maximum absolute atomic E-state index is 12.9. The number of hydrogen-bond donors (Lipinski definition) is 2. The second-order valence-electron chi connectivity index (χ2n) is 6.94. The van der Waals surface area contributed by atoms with E-state index in [9.17, 15) is 23.4 Å². The van der Waals surface area contributed by atoms with Crippen LogP contribution < -0.4 is 4.90 Å². The number of halogens is 3. The van der Waals surface area contributed by atoms with Gasteiger partial charge in [-0.15, -0.1) is 0 Å². The number of phenols is 1. The van der Waals surface area contributed by atoms with Gasteiger partial charge in [0.15, 0.2) is 5.58 Å². The van der Waals surface area contributed by atoms with Crippen LogP contribution in [0.2, 0.25) is 0 Å². The SMILES string of the molecule is Cc1cc(C(F)(F)F)cc(O)c1-c1ccc2oc(N3CCC[C@H](O)C3)nc2n1. The maximum atomic E-state index is 12.9. The Bertz CT molecular complexity index is 1010. The number of aromatic nitrogens is 2. The molecule has 0 amide bonds. The molecule has 1 saturated heterocycles. The van der Waals surface area contributed by atoms with Gasteiger partial charge in [-0.1, -0.05) is 0 Å². The van der Waals surface area contributed by atoms with Crippen molar-refractivity contribution < 1.29 is 27.8 Å². The summed E-state index contributed by atoms with van der Waals surface area (Å²) in [5.74, 6) is -0.498.